The zero-order valence-electron chi connectivity index (χ0n) is 10.5. The van der Waals surface area contributed by atoms with Crippen LogP contribution in [0, 0.1) is 5.92 Å². The van der Waals surface area contributed by atoms with E-state index in [1.54, 1.807) is 20.8 Å². The van der Waals surface area contributed by atoms with E-state index in [2.05, 4.69) is 9.50 Å². The Labute approximate surface area is 102 Å². The summed E-state index contributed by atoms with van der Waals surface area (Å²) in [6.07, 6.45) is 0.793. The summed E-state index contributed by atoms with van der Waals surface area (Å²) in [4.78, 5) is 11.5. The molecule has 1 N–H and O–H groups in total. The first kappa shape index (κ1) is 14.2. The van der Waals surface area contributed by atoms with Crippen LogP contribution in [0.15, 0.2) is 0 Å². The molecule has 6 nitrogen and oxygen atoms in total. The average molecular weight is 265 g/mol. The van der Waals surface area contributed by atoms with Gasteiger partial charge in [0.15, 0.2) is 5.37 Å². The first-order valence-electron chi connectivity index (χ1n) is 5.44. The van der Waals surface area contributed by atoms with E-state index in [0.29, 0.717) is 0 Å². The van der Waals surface area contributed by atoms with Gasteiger partial charge in [0.05, 0.1) is 7.11 Å². The van der Waals surface area contributed by atoms with Crippen LogP contribution in [0.3, 0.4) is 0 Å². The van der Waals surface area contributed by atoms with Gasteiger partial charge in [0, 0.05) is 0 Å². The van der Waals surface area contributed by atoms with Crippen LogP contribution in [0.25, 0.3) is 0 Å². The van der Waals surface area contributed by atoms with Crippen LogP contribution in [0.1, 0.15) is 33.6 Å². The van der Waals surface area contributed by atoms with Crippen LogP contribution in [0.2, 0.25) is 0 Å². The van der Waals surface area contributed by atoms with Crippen molar-refractivity contribution in [2.45, 2.75) is 44.6 Å². The highest BCUT2D eigenvalue weighted by molar-refractivity contribution is 7.87. The summed E-state index contributed by atoms with van der Waals surface area (Å²) in [7, 11) is -2.67. The minimum atomic E-state index is -3.76. The number of alkyl carbamates (subject to hydrolysis) is 1. The van der Waals surface area contributed by atoms with E-state index in [1.165, 1.54) is 0 Å². The second-order valence-electron chi connectivity index (χ2n) is 5.06. The summed E-state index contributed by atoms with van der Waals surface area (Å²) in [5.74, 6) is -0.0764. The molecule has 1 amide bonds. The third-order valence-electron chi connectivity index (χ3n) is 2.25. The lowest BCUT2D eigenvalue weighted by Crippen LogP contribution is -2.45. The fraction of sp³-hybridized carbons (Fsp3) is 0.900. The number of carbonyl (C=O) groups excluding carboxylic acids is 1. The van der Waals surface area contributed by atoms with Gasteiger partial charge in [-0.2, -0.15) is 8.42 Å². The summed E-state index contributed by atoms with van der Waals surface area (Å²) < 4.78 is 32.6. The first-order chi connectivity index (χ1) is 7.65. The molecule has 1 fully saturated rings. The van der Waals surface area contributed by atoms with Gasteiger partial charge < -0.3 is 10.1 Å². The molecular formula is C10H19NO5S. The maximum absolute atomic E-state index is 11.6. The number of rotatable bonds is 4. The van der Waals surface area contributed by atoms with E-state index in [1.807, 2.05) is 0 Å². The molecule has 17 heavy (non-hydrogen) atoms. The molecule has 0 bridgehead atoms. The molecule has 1 atom stereocenters. The van der Waals surface area contributed by atoms with Gasteiger partial charge in [-0.1, -0.05) is 0 Å². The summed E-state index contributed by atoms with van der Waals surface area (Å²) in [6.45, 7) is 5.14. The second-order valence-corrected chi connectivity index (χ2v) is 6.89. The Kier molecular flexibility index (Phi) is 4.03. The molecule has 1 saturated carbocycles. The van der Waals surface area contributed by atoms with Crippen LogP contribution in [0.5, 0.6) is 0 Å². The molecule has 0 spiro atoms. The molecule has 0 radical (unpaired) electrons. The molecular weight excluding hydrogens is 246 g/mol. The summed E-state index contributed by atoms with van der Waals surface area (Å²) in [5.41, 5.74) is -0.658. The topological polar surface area (TPSA) is 81.7 Å². The van der Waals surface area contributed by atoms with Crippen molar-refractivity contribution < 1.29 is 22.1 Å². The molecule has 0 aromatic heterocycles. The third-order valence-corrected chi connectivity index (χ3v) is 3.84. The SMILES string of the molecule is COS(=O)(=O)C(NC(=O)OC(C)(C)C)C1CC1. The first-order valence-corrected chi connectivity index (χ1v) is 6.92. The third kappa shape index (κ3) is 4.51. The second kappa shape index (κ2) is 4.81. The van der Waals surface area contributed by atoms with Crippen LogP contribution in [0.4, 0.5) is 4.79 Å². The van der Waals surface area contributed by atoms with Crippen molar-refractivity contribution in [2.75, 3.05) is 7.11 Å². The van der Waals surface area contributed by atoms with E-state index in [0.717, 1.165) is 20.0 Å². The number of carbonyl (C=O) groups is 1. The quantitative estimate of drug-likeness (QED) is 0.773. The Balaban J connectivity index is 2.66. The minimum Gasteiger partial charge on any atom is -0.444 e. The Morgan fingerprint density at radius 3 is 2.24 bits per heavy atom. The molecule has 1 unspecified atom stereocenters. The molecule has 0 aromatic carbocycles. The lowest BCUT2D eigenvalue weighted by molar-refractivity contribution is 0.0513. The van der Waals surface area contributed by atoms with Crippen molar-refractivity contribution in [1.29, 1.82) is 0 Å². The van der Waals surface area contributed by atoms with Gasteiger partial charge in [-0.25, -0.2) is 4.79 Å². The predicted molar refractivity (Wildman–Crippen MR) is 61.8 cm³/mol. The lowest BCUT2D eigenvalue weighted by Gasteiger charge is -2.22. The number of amides is 1. The molecule has 1 rings (SSSR count). The molecule has 0 heterocycles. The molecule has 1 aliphatic carbocycles. The normalized spacial score (nSPS) is 18.6. The fourth-order valence-corrected chi connectivity index (χ4v) is 2.54. The highest BCUT2D eigenvalue weighted by atomic mass is 32.2. The molecule has 100 valence electrons. The number of ether oxygens (including phenoxy) is 1. The zero-order chi connectivity index (χ0) is 13.3. The Bertz CT molecular complexity index is 380. The Morgan fingerprint density at radius 1 is 1.35 bits per heavy atom. The van der Waals surface area contributed by atoms with Crippen molar-refractivity contribution in [1.82, 2.24) is 5.32 Å². The largest absolute Gasteiger partial charge is 0.444 e. The molecule has 1 aliphatic rings. The van der Waals surface area contributed by atoms with Crippen LogP contribution in [-0.4, -0.2) is 32.6 Å². The molecule has 7 heteroatoms. The number of nitrogens with one attached hydrogen (secondary N) is 1. The minimum absolute atomic E-state index is 0.0764. The molecule has 0 aliphatic heterocycles. The Morgan fingerprint density at radius 2 is 1.88 bits per heavy atom. The highest BCUT2D eigenvalue weighted by Gasteiger charge is 2.42. The van der Waals surface area contributed by atoms with Gasteiger partial charge >= 0.3 is 6.09 Å². The predicted octanol–water partition coefficient (Wildman–Crippen LogP) is 1.22. The maximum atomic E-state index is 11.6. The number of hydrogen-bond acceptors (Lipinski definition) is 5. The maximum Gasteiger partial charge on any atom is 0.408 e. The number of hydrogen-bond donors (Lipinski definition) is 1. The zero-order valence-corrected chi connectivity index (χ0v) is 11.3. The van der Waals surface area contributed by atoms with Gasteiger partial charge in [-0.05, 0) is 39.5 Å². The van der Waals surface area contributed by atoms with Crippen molar-refractivity contribution in [3.8, 4) is 0 Å². The highest BCUT2D eigenvalue weighted by Crippen LogP contribution is 2.35. The van der Waals surface area contributed by atoms with Crippen molar-refractivity contribution in [3.05, 3.63) is 0 Å². The average Bonchev–Trinajstić information content (AvgIpc) is 2.94. The summed E-state index contributed by atoms with van der Waals surface area (Å²) in [5, 5.41) is 1.34. The van der Waals surface area contributed by atoms with E-state index >= 15 is 0 Å². The van der Waals surface area contributed by atoms with E-state index < -0.39 is 27.2 Å². The monoisotopic (exact) mass is 265 g/mol. The van der Waals surface area contributed by atoms with Crippen LogP contribution in [-0.2, 0) is 19.0 Å². The molecule has 0 aromatic rings. The van der Waals surface area contributed by atoms with Gasteiger partial charge in [0.2, 0.25) is 0 Å². The van der Waals surface area contributed by atoms with Crippen LogP contribution < -0.4 is 5.32 Å². The van der Waals surface area contributed by atoms with Gasteiger partial charge in [-0.15, -0.1) is 0 Å². The van der Waals surface area contributed by atoms with Gasteiger partial charge in [0.1, 0.15) is 5.60 Å². The van der Waals surface area contributed by atoms with E-state index in [-0.39, 0.29) is 5.92 Å². The van der Waals surface area contributed by atoms with E-state index in [4.69, 9.17) is 4.74 Å². The molecule has 0 saturated heterocycles. The van der Waals surface area contributed by atoms with Crippen LogP contribution >= 0.6 is 0 Å². The smallest absolute Gasteiger partial charge is 0.408 e. The standard InChI is InChI=1S/C10H19NO5S/c1-10(2,3)16-9(12)11-8(7-5-6-7)17(13,14)15-4/h7-8H,5-6H2,1-4H3,(H,11,12). The summed E-state index contributed by atoms with van der Waals surface area (Å²) >= 11 is 0. The summed E-state index contributed by atoms with van der Waals surface area (Å²) in [6, 6.07) is 0. The van der Waals surface area contributed by atoms with Crippen molar-refractivity contribution in [2.24, 2.45) is 5.92 Å². The Hall–Kier alpha value is -0.820. The van der Waals surface area contributed by atoms with Crippen molar-refractivity contribution >= 4 is 16.2 Å². The van der Waals surface area contributed by atoms with Gasteiger partial charge in [-0.3, -0.25) is 4.18 Å². The lowest BCUT2D eigenvalue weighted by atomic mass is 10.2. The van der Waals surface area contributed by atoms with Crippen molar-refractivity contribution in [3.63, 3.8) is 0 Å². The van der Waals surface area contributed by atoms with Gasteiger partial charge in [0.25, 0.3) is 10.1 Å². The van der Waals surface area contributed by atoms with E-state index in [9.17, 15) is 13.2 Å². The fourth-order valence-electron chi connectivity index (χ4n) is 1.35.